The molecule has 1 aromatic carbocycles. The molecule has 0 aliphatic rings. The minimum atomic E-state index is -3.90. The third-order valence-electron chi connectivity index (χ3n) is 8.91. The van der Waals surface area contributed by atoms with E-state index in [9.17, 15) is 16.8 Å². The van der Waals surface area contributed by atoms with Gasteiger partial charge in [-0.25, -0.2) is 0 Å². The molecule has 0 fully saturated rings. The first-order valence-corrected chi connectivity index (χ1v) is 27.9. The molecule has 0 aliphatic carbocycles. The van der Waals surface area contributed by atoms with Crippen LogP contribution in [-0.4, -0.2) is 262 Å². The number of hydrogen-bond donors (Lipinski definition) is 2. The predicted molar refractivity (Wildman–Crippen MR) is 263 cm³/mol. The minimum absolute atomic E-state index is 0. The first kappa shape index (κ1) is 72.6. The summed E-state index contributed by atoms with van der Waals surface area (Å²) in [5.41, 5.74) is 0. The summed E-state index contributed by atoms with van der Waals surface area (Å²) in [5.74, 6) is 0.747. The smallest absolute Gasteiger partial charge is 1.00 e. The van der Waals surface area contributed by atoms with E-state index in [0.717, 1.165) is 0 Å². The molecule has 428 valence electrons. The largest absolute Gasteiger partial charge is 1.00 e. The predicted octanol–water partition coefficient (Wildman–Crippen LogP) is -0.838. The van der Waals surface area contributed by atoms with E-state index in [-0.39, 0.29) is 64.3 Å². The molecule has 1 rings (SSSR count). The molecule has 0 radical (unpaired) electrons. The Morgan fingerprint density at radius 1 is 0.274 bits per heavy atom. The molecule has 0 saturated carbocycles. The summed E-state index contributed by atoms with van der Waals surface area (Å²) in [6.07, 6.45) is 1.83. The second-order valence-corrected chi connectivity index (χ2v) is 18.1. The maximum absolute atomic E-state index is 10.6. The van der Waals surface area contributed by atoms with E-state index in [1.807, 2.05) is 24.3 Å². The zero-order valence-electron chi connectivity index (χ0n) is 44.3. The molecule has 0 spiro atoms. The van der Waals surface area contributed by atoms with Gasteiger partial charge in [-0.05, 0) is 37.8 Å². The third kappa shape index (κ3) is 59.1. The third-order valence-corrected chi connectivity index (χ3v) is 10.5. The van der Waals surface area contributed by atoms with Gasteiger partial charge in [-0.15, -0.1) is 0 Å². The van der Waals surface area contributed by atoms with Crippen molar-refractivity contribution in [1.29, 1.82) is 0 Å². The number of para-hydroxylation sites is 2. The van der Waals surface area contributed by atoms with Crippen LogP contribution in [0.25, 0.3) is 0 Å². The van der Waals surface area contributed by atoms with Gasteiger partial charge in [0.05, 0.1) is 210 Å². The topological polar surface area (TPSA) is 275 Å². The summed E-state index contributed by atoms with van der Waals surface area (Å²) in [5, 5.41) is 0. The molecule has 27 heteroatoms. The second-order valence-electron chi connectivity index (χ2n) is 14.9. The average Bonchev–Trinajstić information content (AvgIpc) is 3.35. The van der Waals surface area contributed by atoms with Gasteiger partial charge in [0, 0.05) is 13.2 Å². The molecule has 73 heavy (non-hydrogen) atoms. The number of hydrogen-bond acceptors (Lipinski definition) is 22. The number of unbranched alkanes of at least 4 members (excludes halogenated alkanes) is 2. The Labute approximate surface area is 478 Å². The van der Waals surface area contributed by atoms with Crippen molar-refractivity contribution >= 4 is 20.2 Å². The van der Waals surface area contributed by atoms with Gasteiger partial charge < -0.3 is 86.7 Å². The molecule has 0 unspecified atom stereocenters. The normalized spacial score (nSPS) is 11.9. The van der Waals surface area contributed by atoms with Crippen LogP contribution in [0.4, 0.5) is 0 Å². The van der Waals surface area contributed by atoms with E-state index >= 15 is 0 Å². The molecule has 1 aromatic rings. The van der Waals surface area contributed by atoms with Crippen molar-refractivity contribution in [2.24, 2.45) is 0 Å². The van der Waals surface area contributed by atoms with Crippen LogP contribution in [0.5, 0.6) is 11.5 Å². The molecule has 0 aliphatic heterocycles. The molecule has 2 N–H and O–H groups in total. The standard InChI is InChI=1S/C46H86O24S2.K.H/c47-71(48,49)43-5-3-9-53-11-13-55-15-17-57-19-21-59-23-25-61-27-29-63-31-33-65-35-37-67-39-41-69-45-7-1-2-8-46(45)70-42-40-68-38-36-66-34-32-64-30-28-62-26-24-60-22-20-58-18-16-56-14-12-54-10-4-6-44-72(50,51)52;;/h1-2,7-8H,3-6,9-44H2,(H,47,48,49)(H,50,51,52);;/q;+1;-1. The van der Waals surface area contributed by atoms with Crippen LogP contribution in [-0.2, 0) is 96.0 Å². The Morgan fingerprint density at radius 2 is 0.438 bits per heavy atom. The van der Waals surface area contributed by atoms with Crippen LogP contribution in [0.15, 0.2) is 24.3 Å². The Kier molecular flexibility index (Phi) is 56.1. The van der Waals surface area contributed by atoms with E-state index in [4.69, 9.17) is 94.4 Å². The second kappa shape index (κ2) is 56.4. The molecule has 0 aromatic heterocycles. The number of ether oxygens (including phenoxy) is 18. The molecular weight excluding hydrogens is 1040 g/mol. The fourth-order valence-corrected chi connectivity index (χ4v) is 6.51. The minimum Gasteiger partial charge on any atom is -1.00 e. The first-order chi connectivity index (χ1) is 35.2. The Bertz CT molecular complexity index is 1400. The zero-order chi connectivity index (χ0) is 52.0. The maximum atomic E-state index is 10.6. The Morgan fingerprint density at radius 3 is 0.616 bits per heavy atom. The van der Waals surface area contributed by atoms with Gasteiger partial charge in [-0.1, -0.05) is 12.1 Å². The molecule has 0 amide bonds. The summed E-state index contributed by atoms with van der Waals surface area (Å²) >= 11 is 0. The van der Waals surface area contributed by atoms with E-state index in [2.05, 4.69) is 0 Å². The summed E-state index contributed by atoms with van der Waals surface area (Å²) < 4.78 is 159. The van der Waals surface area contributed by atoms with E-state index < -0.39 is 20.2 Å². The fraction of sp³-hybridized carbons (Fsp3) is 0.870. The molecule has 0 saturated heterocycles. The van der Waals surface area contributed by atoms with E-state index in [1.165, 1.54) is 0 Å². The van der Waals surface area contributed by atoms with Crippen LogP contribution < -0.4 is 60.9 Å². The van der Waals surface area contributed by atoms with Gasteiger partial charge in [0.1, 0.15) is 13.2 Å². The van der Waals surface area contributed by atoms with Crippen molar-refractivity contribution in [2.45, 2.75) is 25.7 Å². The summed E-state index contributed by atoms with van der Waals surface area (Å²) in [7, 11) is -7.81. The monoisotopic (exact) mass is 1130 g/mol. The molecule has 0 atom stereocenters. The molecule has 0 heterocycles. The maximum Gasteiger partial charge on any atom is 1.00 e. The molecular formula is C46H87KO24S2. The van der Waals surface area contributed by atoms with Crippen LogP contribution in [0.1, 0.15) is 27.1 Å². The van der Waals surface area contributed by atoms with Gasteiger partial charge in [-0.2, -0.15) is 16.8 Å². The van der Waals surface area contributed by atoms with E-state index in [1.54, 1.807) is 0 Å². The van der Waals surface area contributed by atoms with Crippen LogP contribution in [0.2, 0.25) is 0 Å². The first-order valence-electron chi connectivity index (χ1n) is 24.7. The Balaban J connectivity index is 0. The average molecular weight is 1130 g/mol. The van der Waals surface area contributed by atoms with Crippen molar-refractivity contribution in [3.8, 4) is 11.5 Å². The zero-order valence-corrected chi connectivity index (χ0v) is 48.0. The Hall–Kier alpha value is -0.364. The van der Waals surface area contributed by atoms with Gasteiger partial charge in [0.2, 0.25) is 0 Å². The van der Waals surface area contributed by atoms with E-state index in [0.29, 0.717) is 262 Å². The summed E-state index contributed by atoms with van der Waals surface area (Å²) in [6, 6.07) is 7.44. The van der Waals surface area contributed by atoms with Crippen LogP contribution in [0.3, 0.4) is 0 Å². The van der Waals surface area contributed by atoms with Crippen molar-refractivity contribution in [2.75, 3.05) is 236 Å². The van der Waals surface area contributed by atoms with Crippen molar-refractivity contribution < 1.29 is 164 Å². The SMILES string of the molecule is O=S(=O)(O)CCCCOCCOCCOCCOCCOCCOCCOCCOCCOc1ccccc1OCCOCCOCCOCCOCCOCCOCCOCCOCCCCS(=O)(=O)O.[H-].[K+]. The van der Waals surface area contributed by atoms with Gasteiger partial charge in [0.15, 0.2) is 11.5 Å². The quantitative estimate of drug-likeness (QED) is 0.0457. The fourth-order valence-electron chi connectivity index (χ4n) is 5.37. The van der Waals surface area contributed by atoms with Crippen LogP contribution in [0, 0.1) is 0 Å². The van der Waals surface area contributed by atoms with Crippen LogP contribution >= 0.6 is 0 Å². The van der Waals surface area contributed by atoms with Crippen molar-refractivity contribution in [1.82, 2.24) is 0 Å². The van der Waals surface area contributed by atoms with Crippen molar-refractivity contribution in [3.05, 3.63) is 24.3 Å². The summed E-state index contributed by atoms with van der Waals surface area (Å²) in [6.45, 7) is 14.8. The van der Waals surface area contributed by atoms with Gasteiger partial charge in [0.25, 0.3) is 20.2 Å². The summed E-state index contributed by atoms with van der Waals surface area (Å²) in [4.78, 5) is 0. The molecule has 0 bridgehead atoms. The number of benzene rings is 1. The van der Waals surface area contributed by atoms with Gasteiger partial charge >= 0.3 is 51.4 Å². The van der Waals surface area contributed by atoms with Gasteiger partial charge in [-0.3, -0.25) is 9.11 Å². The van der Waals surface area contributed by atoms with Crippen molar-refractivity contribution in [3.63, 3.8) is 0 Å². The number of rotatable bonds is 60. The molecule has 24 nitrogen and oxygen atoms in total.